The van der Waals surface area contributed by atoms with Crippen molar-refractivity contribution in [2.75, 3.05) is 0 Å². The molecular weight excluding hydrogens is 832 g/mol. The van der Waals surface area contributed by atoms with Crippen LogP contribution in [0.2, 0.25) is 0 Å². The second-order valence-electron chi connectivity index (χ2n) is 16.0. The van der Waals surface area contributed by atoms with E-state index in [1.807, 2.05) is 12.3 Å². The first-order chi connectivity index (χ1) is 24.8. The Morgan fingerprint density at radius 1 is 0.774 bits per heavy atom. The third-order valence-electron chi connectivity index (χ3n) is 10.2. The van der Waals surface area contributed by atoms with Crippen molar-refractivity contribution in [3.63, 3.8) is 0 Å². The number of pyridine rings is 1. The summed E-state index contributed by atoms with van der Waals surface area (Å²) in [6.45, 7) is 22.2. The van der Waals surface area contributed by atoms with Crippen LogP contribution in [0.4, 0.5) is 0 Å². The van der Waals surface area contributed by atoms with Crippen LogP contribution in [0.3, 0.4) is 0 Å². The number of rotatable bonds is 9. The van der Waals surface area contributed by atoms with Crippen molar-refractivity contribution in [2.24, 2.45) is 5.92 Å². The molecule has 0 fully saturated rings. The largest absolute Gasteiger partial charge is 2.00 e. The Morgan fingerprint density at radius 2 is 1.51 bits per heavy atom. The van der Waals surface area contributed by atoms with Crippen molar-refractivity contribution in [1.29, 1.82) is 0 Å². The maximum atomic E-state index is 6.72. The van der Waals surface area contributed by atoms with Gasteiger partial charge in [-0.25, -0.2) is 4.98 Å². The molecule has 5 nitrogen and oxygen atoms in total. The Morgan fingerprint density at radius 3 is 2.21 bits per heavy atom. The van der Waals surface area contributed by atoms with Crippen LogP contribution in [0.5, 0.6) is 11.5 Å². The van der Waals surface area contributed by atoms with Gasteiger partial charge in [-0.2, -0.15) is 11.2 Å². The van der Waals surface area contributed by atoms with Gasteiger partial charge in [0, 0.05) is 34.5 Å². The van der Waals surface area contributed by atoms with Crippen LogP contribution in [0.15, 0.2) is 85.1 Å². The predicted molar refractivity (Wildman–Crippen MR) is 215 cm³/mol. The molecule has 7 aromatic rings. The van der Waals surface area contributed by atoms with Gasteiger partial charge < -0.3 is 9.30 Å². The van der Waals surface area contributed by atoms with Crippen molar-refractivity contribution < 1.29 is 25.8 Å². The van der Waals surface area contributed by atoms with E-state index in [2.05, 4.69) is 163 Å². The zero-order valence-corrected chi connectivity index (χ0v) is 34.9. The fourth-order valence-corrected chi connectivity index (χ4v) is 7.31. The van der Waals surface area contributed by atoms with Crippen LogP contribution in [0.25, 0.3) is 44.4 Å². The smallest absolute Gasteiger partial charge is 0.509 e. The Balaban J connectivity index is 0.00000481. The van der Waals surface area contributed by atoms with Gasteiger partial charge >= 0.3 is 21.1 Å². The number of nitrogens with zero attached hydrogens (tertiary/aromatic N) is 4. The summed E-state index contributed by atoms with van der Waals surface area (Å²) in [5.41, 5.74) is 12.6. The number of fused-ring (bicyclic) bond motifs is 3. The number of aromatic nitrogens is 4. The first kappa shape index (κ1) is 38.3. The van der Waals surface area contributed by atoms with Gasteiger partial charge in [-0.3, -0.25) is 4.68 Å². The molecule has 0 aliphatic heterocycles. The van der Waals surface area contributed by atoms with E-state index in [0.29, 0.717) is 17.4 Å². The third kappa shape index (κ3) is 7.51. The molecule has 7 rings (SSSR count). The average molecular weight is 882 g/mol. The number of aryl methyl sites for hydroxylation is 3. The van der Waals surface area contributed by atoms with Gasteiger partial charge in [0.2, 0.25) is 0 Å². The van der Waals surface area contributed by atoms with Crippen molar-refractivity contribution in [3.8, 4) is 34.1 Å². The Hall–Kier alpha value is -4.47. The molecule has 0 saturated carbocycles. The molecule has 4 aromatic carbocycles. The number of ether oxygens (including phenoxy) is 1. The quantitative estimate of drug-likeness (QED) is 0.136. The molecule has 0 bridgehead atoms. The normalized spacial score (nSPS) is 11.9. The molecule has 0 unspecified atom stereocenters. The number of hydrogen-bond donors (Lipinski definition) is 0. The molecule has 0 atom stereocenters. The van der Waals surface area contributed by atoms with E-state index < -0.39 is 0 Å². The van der Waals surface area contributed by atoms with Gasteiger partial charge in [-0.1, -0.05) is 90.4 Å². The fraction of sp³-hybridized carbons (Fsp3) is 0.319. The molecular formula is C47H50N4OPt. The summed E-state index contributed by atoms with van der Waals surface area (Å²) in [6, 6.07) is 35.1. The van der Waals surface area contributed by atoms with Gasteiger partial charge in [-0.05, 0) is 102 Å². The molecule has 0 aliphatic rings. The van der Waals surface area contributed by atoms with Crippen LogP contribution in [0.1, 0.15) is 94.4 Å². The Kier molecular flexibility index (Phi) is 10.9. The van der Waals surface area contributed by atoms with Crippen LogP contribution in [-0.4, -0.2) is 19.3 Å². The molecule has 3 aromatic heterocycles. The number of hydrogen-bond acceptors (Lipinski definition) is 3. The molecule has 0 amide bonds. The summed E-state index contributed by atoms with van der Waals surface area (Å²) in [7, 11) is 0. The Bertz CT molecular complexity index is 2400. The fourth-order valence-electron chi connectivity index (χ4n) is 7.31. The number of benzene rings is 4. The second kappa shape index (κ2) is 15.1. The van der Waals surface area contributed by atoms with Gasteiger partial charge in [0.25, 0.3) is 0 Å². The van der Waals surface area contributed by atoms with E-state index in [-0.39, 0.29) is 32.4 Å². The van der Waals surface area contributed by atoms with E-state index in [0.717, 1.165) is 51.8 Å². The monoisotopic (exact) mass is 881 g/mol. The first-order valence-electron chi connectivity index (χ1n) is 18.6. The van der Waals surface area contributed by atoms with E-state index in [1.54, 1.807) is 0 Å². The maximum absolute atomic E-state index is 6.72. The van der Waals surface area contributed by atoms with Gasteiger partial charge in [0.15, 0.2) is 0 Å². The molecule has 3 heterocycles. The van der Waals surface area contributed by atoms with Crippen LogP contribution in [0, 0.1) is 38.8 Å². The summed E-state index contributed by atoms with van der Waals surface area (Å²) in [5.74, 6) is 2.97. The second-order valence-corrected chi connectivity index (χ2v) is 16.0. The summed E-state index contributed by atoms with van der Waals surface area (Å²) in [6.07, 6.45) is 3.88. The van der Waals surface area contributed by atoms with E-state index in [9.17, 15) is 0 Å². The Labute approximate surface area is 329 Å². The van der Waals surface area contributed by atoms with E-state index in [4.69, 9.17) is 14.8 Å². The number of para-hydroxylation sites is 1. The van der Waals surface area contributed by atoms with Gasteiger partial charge in [0.05, 0.1) is 5.69 Å². The molecule has 53 heavy (non-hydrogen) atoms. The molecule has 0 saturated heterocycles. The minimum absolute atomic E-state index is 0. The van der Waals surface area contributed by atoms with E-state index >= 15 is 0 Å². The molecule has 0 N–H and O–H groups in total. The van der Waals surface area contributed by atoms with Gasteiger partial charge in [-0.15, -0.1) is 41.3 Å². The molecule has 0 spiro atoms. The summed E-state index contributed by atoms with van der Waals surface area (Å²) in [5, 5.41) is 7.47. The average Bonchev–Trinajstić information content (AvgIpc) is 3.60. The zero-order valence-electron chi connectivity index (χ0n) is 32.7. The van der Waals surface area contributed by atoms with Crippen LogP contribution < -0.4 is 4.74 Å². The van der Waals surface area contributed by atoms with E-state index in [1.165, 1.54) is 39.1 Å². The van der Waals surface area contributed by atoms with Crippen molar-refractivity contribution in [1.82, 2.24) is 19.3 Å². The molecule has 274 valence electrons. The summed E-state index contributed by atoms with van der Waals surface area (Å²) >= 11 is 0. The minimum Gasteiger partial charge on any atom is -0.509 e. The van der Waals surface area contributed by atoms with Gasteiger partial charge in [0.1, 0.15) is 5.82 Å². The third-order valence-corrected chi connectivity index (χ3v) is 10.2. The predicted octanol–water partition coefficient (Wildman–Crippen LogP) is 12.4. The molecule has 0 aliphatic carbocycles. The van der Waals surface area contributed by atoms with Crippen LogP contribution in [-0.2, 0) is 32.9 Å². The zero-order chi connectivity index (χ0) is 36.9. The maximum Gasteiger partial charge on any atom is 2.00 e. The molecule has 0 radical (unpaired) electrons. The van der Waals surface area contributed by atoms with Crippen LogP contribution >= 0.6 is 0 Å². The topological polar surface area (TPSA) is 44.9 Å². The van der Waals surface area contributed by atoms with Crippen molar-refractivity contribution in [3.05, 3.63) is 131 Å². The SMILES string of the molecule is Cc1cccc(C)c1-c1c(C)nn(-c2[c-]c(Oc3[c-]c4c(cc3)c3ccccc3n4-c3cc(C(C)(C)C)ccn3)cc(C(C)C)c2)c1CCC(C)C.[Pt+2]. The summed E-state index contributed by atoms with van der Waals surface area (Å²) in [4.78, 5) is 4.85. The minimum atomic E-state index is -0.00923. The van der Waals surface area contributed by atoms with Crippen molar-refractivity contribution >= 4 is 21.8 Å². The molecule has 6 heteroatoms. The van der Waals surface area contributed by atoms with Crippen molar-refractivity contribution in [2.45, 2.75) is 93.4 Å². The standard InChI is InChI=1S/C47H50N4O.Pt/c1-29(2)18-21-42-46(45-31(5)14-13-15-32(45)6)33(7)49-51(42)36-24-34(30(3)4)25-38(27-36)52-37-19-20-40-39-16-11-12-17-41(39)50(43(40)28-37)44-26-35(22-23-48-44)47(8,9)10;/h11-17,19-20,22-26,29-30H,18,21H2,1-10H3;/q-2;+2. The first-order valence-corrected chi connectivity index (χ1v) is 18.6. The summed E-state index contributed by atoms with van der Waals surface area (Å²) < 4.78 is 11.0.